The second kappa shape index (κ2) is 6.99. The van der Waals surface area contributed by atoms with Crippen LogP contribution < -0.4 is 0 Å². The van der Waals surface area contributed by atoms with Crippen LogP contribution in [-0.2, 0) is 0 Å². The minimum atomic E-state index is -7.22. The quantitative estimate of drug-likeness (QED) is 0.338. The first-order valence-corrected chi connectivity index (χ1v) is 6.52. The highest BCUT2D eigenvalue weighted by atomic mass is 35.5. The first-order valence-electron chi connectivity index (χ1n) is 6.14. The fourth-order valence-electron chi connectivity index (χ4n) is 1.45. The molecule has 0 aromatic rings. The van der Waals surface area contributed by atoms with Crippen molar-refractivity contribution in [2.45, 2.75) is 55.0 Å². The van der Waals surface area contributed by atoms with Crippen LogP contribution in [0.5, 0.6) is 0 Å². The molecule has 0 nitrogen and oxygen atoms in total. The zero-order valence-electron chi connectivity index (χ0n) is 11.7. The molecule has 0 saturated carbocycles. The Morgan fingerprint density at radius 1 is 0.833 bits per heavy atom. The Morgan fingerprint density at radius 3 is 1.58 bits per heavy atom. The van der Waals surface area contributed by atoms with Crippen molar-refractivity contribution in [3.05, 3.63) is 0 Å². The summed E-state index contributed by atoms with van der Waals surface area (Å²) in [5, 5.41) is -6.07. The van der Waals surface area contributed by atoms with Gasteiger partial charge in [0.15, 0.2) is 0 Å². The van der Waals surface area contributed by atoms with Crippen LogP contribution >= 0.6 is 11.6 Å². The van der Waals surface area contributed by atoms with E-state index >= 15 is 0 Å². The fourth-order valence-corrected chi connectivity index (χ4v) is 1.73. The maximum Gasteiger partial charge on any atom is 0.460 e. The molecule has 0 aromatic carbocycles. The predicted octanol–water partition coefficient (Wildman–Crippen LogP) is 6.08. The van der Waals surface area contributed by atoms with E-state index in [4.69, 9.17) is 0 Å². The summed E-state index contributed by atoms with van der Waals surface area (Å²) in [5.41, 5.74) is 0. The van der Waals surface area contributed by atoms with Crippen LogP contribution in [0.4, 0.5) is 52.7 Å². The van der Waals surface area contributed by atoms with Gasteiger partial charge in [-0.2, -0.15) is 30.7 Å². The lowest BCUT2D eigenvalue weighted by molar-refractivity contribution is -0.378. The van der Waals surface area contributed by atoms with Gasteiger partial charge in [0.05, 0.1) is 6.67 Å². The van der Waals surface area contributed by atoms with Gasteiger partial charge in [-0.05, 0) is 12.3 Å². The van der Waals surface area contributed by atoms with Crippen LogP contribution in [0.3, 0.4) is 0 Å². The van der Waals surface area contributed by atoms with Crippen molar-refractivity contribution in [3.8, 4) is 0 Å². The summed E-state index contributed by atoms with van der Waals surface area (Å²) in [6, 6.07) is 0. The second-order valence-electron chi connectivity index (χ2n) is 5.19. The Morgan fingerprint density at radius 2 is 1.25 bits per heavy atom. The van der Waals surface area contributed by atoms with E-state index in [1.54, 1.807) is 0 Å². The molecular formula is C11H11ClF12. The molecule has 0 fully saturated rings. The normalized spacial score (nSPS) is 19.8. The molecular weight excluding hydrogens is 396 g/mol. The van der Waals surface area contributed by atoms with E-state index in [1.807, 2.05) is 0 Å². The average Bonchev–Trinajstić information content (AvgIpc) is 2.42. The number of rotatable bonds is 8. The molecule has 0 aromatic heterocycles. The lowest BCUT2D eigenvalue weighted by Gasteiger charge is -2.38. The molecule has 146 valence electrons. The summed E-state index contributed by atoms with van der Waals surface area (Å²) in [6.45, 7) is -0.171. The van der Waals surface area contributed by atoms with E-state index in [-0.39, 0.29) is 0 Å². The molecule has 3 unspecified atom stereocenters. The highest BCUT2D eigenvalue weighted by molar-refractivity contribution is 6.24. The number of hydrogen-bond donors (Lipinski definition) is 0. The molecule has 0 radical (unpaired) electrons. The third-order valence-corrected chi connectivity index (χ3v) is 3.52. The number of hydrogen-bond acceptors (Lipinski definition) is 0. The van der Waals surface area contributed by atoms with Crippen molar-refractivity contribution in [1.82, 2.24) is 0 Å². The first kappa shape index (κ1) is 23.4. The van der Waals surface area contributed by atoms with Gasteiger partial charge in [0.1, 0.15) is 0 Å². The van der Waals surface area contributed by atoms with Gasteiger partial charge in [0, 0.05) is 6.42 Å². The van der Waals surface area contributed by atoms with Crippen molar-refractivity contribution in [3.63, 3.8) is 0 Å². The Kier molecular flexibility index (Phi) is 6.83. The van der Waals surface area contributed by atoms with Crippen LogP contribution in [-0.4, -0.2) is 41.9 Å². The smallest absolute Gasteiger partial charge is 0.251 e. The highest BCUT2D eigenvalue weighted by Crippen LogP contribution is 2.57. The zero-order chi connectivity index (χ0) is 19.8. The van der Waals surface area contributed by atoms with Crippen molar-refractivity contribution < 1.29 is 52.7 Å². The summed E-state index contributed by atoms with van der Waals surface area (Å²) < 4.78 is 153. The van der Waals surface area contributed by atoms with Gasteiger partial charge in [-0.1, -0.05) is 18.5 Å². The maximum atomic E-state index is 13.5. The predicted molar refractivity (Wildman–Crippen MR) is 59.9 cm³/mol. The molecule has 0 spiro atoms. The first-order chi connectivity index (χ1) is 10.4. The molecule has 0 heterocycles. The standard InChI is InChI=1S/C11H11ClF12/c1-5(4-13)2-3-7(15,16)6(14)8(12,17)9(18,19)10(20,21)11(22,23)24/h5-6H,2-4H2,1H3. The lowest BCUT2D eigenvalue weighted by atomic mass is 9.93. The zero-order valence-corrected chi connectivity index (χ0v) is 12.4. The van der Waals surface area contributed by atoms with E-state index in [1.165, 1.54) is 0 Å². The largest absolute Gasteiger partial charge is 0.460 e. The summed E-state index contributed by atoms with van der Waals surface area (Å²) >= 11 is 4.08. The molecule has 0 bridgehead atoms. The highest BCUT2D eigenvalue weighted by Gasteiger charge is 2.83. The van der Waals surface area contributed by atoms with Crippen molar-refractivity contribution in [2.75, 3.05) is 6.67 Å². The van der Waals surface area contributed by atoms with Crippen LogP contribution in [0.25, 0.3) is 0 Å². The molecule has 3 atom stereocenters. The third kappa shape index (κ3) is 4.16. The van der Waals surface area contributed by atoms with Gasteiger partial charge in [-0.15, -0.1) is 0 Å². The molecule has 0 saturated heterocycles. The summed E-state index contributed by atoms with van der Waals surface area (Å²) in [7, 11) is 0. The van der Waals surface area contributed by atoms with E-state index in [0.717, 1.165) is 6.92 Å². The van der Waals surface area contributed by atoms with Gasteiger partial charge in [0.2, 0.25) is 6.17 Å². The fraction of sp³-hybridized carbons (Fsp3) is 1.00. The third-order valence-electron chi connectivity index (χ3n) is 3.09. The van der Waals surface area contributed by atoms with Gasteiger partial charge >= 0.3 is 18.0 Å². The van der Waals surface area contributed by atoms with Gasteiger partial charge in [-0.3, -0.25) is 4.39 Å². The number of halogens is 13. The second-order valence-corrected chi connectivity index (χ2v) is 5.74. The molecule has 0 N–H and O–H groups in total. The summed E-state index contributed by atoms with van der Waals surface area (Å²) in [4.78, 5) is 0. The Hall–Kier alpha value is -0.550. The van der Waals surface area contributed by atoms with Crippen LogP contribution in [0, 0.1) is 5.92 Å². The summed E-state index contributed by atoms with van der Waals surface area (Å²) in [5.74, 6) is -20.6. The van der Waals surface area contributed by atoms with Crippen LogP contribution in [0.15, 0.2) is 0 Å². The van der Waals surface area contributed by atoms with Gasteiger partial charge < -0.3 is 0 Å². The van der Waals surface area contributed by atoms with E-state index in [0.29, 0.717) is 0 Å². The lowest BCUT2D eigenvalue weighted by Crippen LogP contribution is -2.65. The molecule has 0 aliphatic rings. The van der Waals surface area contributed by atoms with Crippen molar-refractivity contribution >= 4 is 11.6 Å². The molecule has 0 aliphatic carbocycles. The molecule has 0 amide bonds. The SMILES string of the molecule is CC(CF)CCC(F)(F)C(F)C(F)(Cl)C(F)(F)C(F)(F)C(F)(F)F. The maximum absolute atomic E-state index is 13.5. The van der Waals surface area contributed by atoms with E-state index < -0.39 is 60.7 Å². The average molecular weight is 407 g/mol. The minimum Gasteiger partial charge on any atom is -0.251 e. The molecule has 0 aliphatic heterocycles. The number of alkyl halides is 13. The van der Waals surface area contributed by atoms with E-state index in [9.17, 15) is 52.7 Å². The Balaban J connectivity index is 5.62. The Bertz CT molecular complexity index is 416. The molecule has 13 heteroatoms. The molecule has 24 heavy (non-hydrogen) atoms. The molecule has 0 rings (SSSR count). The van der Waals surface area contributed by atoms with E-state index in [2.05, 4.69) is 11.6 Å². The van der Waals surface area contributed by atoms with Gasteiger partial charge in [-0.25, -0.2) is 17.6 Å². The topological polar surface area (TPSA) is 0 Å². The Labute approximate surface area is 133 Å². The monoisotopic (exact) mass is 406 g/mol. The van der Waals surface area contributed by atoms with Gasteiger partial charge in [0.25, 0.3) is 11.1 Å². The van der Waals surface area contributed by atoms with Crippen molar-refractivity contribution in [1.29, 1.82) is 0 Å². The van der Waals surface area contributed by atoms with Crippen LogP contribution in [0.2, 0.25) is 0 Å². The summed E-state index contributed by atoms with van der Waals surface area (Å²) in [6.07, 6.45) is -14.7. The van der Waals surface area contributed by atoms with Crippen LogP contribution in [0.1, 0.15) is 19.8 Å². The minimum absolute atomic E-state index is 0.891. The van der Waals surface area contributed by atoms with Crippen molar-refractivity contribution in [2.24, 2.45) is 5.92 Å².